The minimum absolute atomic E-state index is 0.0463. The largest absolute Gasteiger partial charge is 0.477 e. The molecule has 3 aliphatic heterocycles. The van der Waals surface area contributed by atoms with E-state index in [4.69, 9.17) is 20.0 Å². The third-order valence-electron chi connectivity index (χ3n) is 4.95. The number of carbonyl (C=O) groups is 3. The quantitative estimate of drug-likeness (QED) is 0.245. The molecule has 0 aromatic carbocycles. The molecule has 4 rings (SSSR count). The fraction of sp³-hybridized carbons (Fsp3) is 0.500. The first-order valence-corrected chi connectivity index (χ1v) is 12.6. The van der Waals surface area contributed by atoms with Crippen molar-refractivity contribution >= 4 is 63.5 Å². The Balaban J connectivity index is 1.45. The number of rotatable bonds is 8. The number of nitrogen functional groups attached to an aromatic ring is 1. The van der Waals surface area contributed by atoms with Crippen LogP contribution in [0.25, 0.3) is 0 Å². The summed E-state index contributed by atoms with van der Waals surface area (Å²) in [4.78, 5) is 48.2. The molecule has 0 spiro atoms. The molecule has 0 bridgehead atoms. The van der Waals surface area contributed by atoms with E-state index in [1.807, 2.05) is 0 Å². The van der Waals surface area contributed by atoms with Crippen LogP contribution in [0.3, 0.4) is 0 Å². The Hall–Kier alpha value is -2.33. The van der Waals surface area contributed by atoms with E-state index in [0.717, 1.165) is 11.3 Å². The van der Waals surface area contributed by atoms with E-state index >= 15 is 0 Å². The average Bonchev–Trinajstić information content (AvgIpc) is 3.25. The molecule has 2 saturated heterocycles. The van der Waals surface area contributed by atoms with Crippen LogP contribution in [0.15, 0.2) is 21.1 Å². The van der Waals surface area contributed by atoms with Gasteiger partial charge >= 0.3 is 5.97 Å². The highest BCUT2D eigenvalue weighted by Gasteiger charge is 2.54. The number of aromatic nitrogens is 1. The summed E-state index contributed by atoms with van der Waals surface area (Å²) in [6, 6.07) is -0.901. The third kappa shape index (κ3) is 4.96. The van der Waals surface area contributed by atoms with Gasteiger partial charge in [-0.25, -0.2) is 9.78 Å². The van der Waals surface area contributed by atoms with Crippen LogP contribution in [0.1, 0.15) is 5.69 Å². The van der Waals surface area contributed by atoms with E-state index in [9.17, 15) is 19.5 Å². The first kappa shape index (κ1) is 23.8. The van der Waals surface area contributed by atoms with Gasteiger partial charge in [0.15, 0.2) is 10.8 Å². The first-order chi connectivity index (χ1) is 15.9. The number of thioether (sulfide) groups is 2. The van der Waals surface area contributed by atoms with Gasteiger partial charge in [0.2, 0.25) is 0 Å². The summed E-state index contributed by atoms with van der Waals surface area (Å²) in [5.41, 5.74) is 5.68. The predicted molar refractivity (Wildman–Crippen MR) is 122 cm³/mol. The molecular weight excluding hydrogens is 494 g/mol. The van der Waals surface area contributed by atoms with Crippen LogP contribution in [-0.2, 0) is 28.7 Å². The number of amides is 2. The molecule has 1 aromatic rings. The highest BCUT2D eigenvalue weighted by molar-refractivity contribution is 8.06. The van der Waals surface area contributed by atoms with Crippen molar-refractivity contribution in [1.82, 2.24) is 15.2 Å². The van der Waals surface area contributed by atoms with Crippen molar-refractivity contribution in [2.75, 3.05) is 44.4 Å². The van der Waals surface area contributed by atoms with Crippen LogP contribution in [0, 0.1) is 5.92 Å². The van der Waals surface area contributed by atoms with E-state index < -0.39 is 29.2 Å². The number of nitrogens with one attached hydrogen (secondary N) is 1. The molecule has 4 N–H and O–H groups in total. The van der Waals surface area contributed by atoms with Crippen molar-refractivity contribution in [2.24, 2.45) is 11.1 Å². The number of hydrogen-bond acceptors (Lipinski definition) is 12. The summed E-state index contributed by atoms with van der Waals surface area (Å²) < 4.78 is 10.6. The Labute approximate surface area is 200 Å². The average molecular weight is 516 g/mol. The number of carbonyl (C=O) groups excluding carboxylic acids is 2. The zero-order valence-corrected chi connectivity index (χ0v) is 19.8. The van der Waals surface area contributed by atoms with Crippen LogP contribution in [-0.4, -0.2) is 88.5 Å². The fourth-order valence-corrected chi connectivity index (χ4v) is 6.69. The highest BCUT2D eigenvalue weighted by Crippen LogP contribution is 2.43. The molecule has 0 saturated carbocycles. The SMILES string of the molecule is CO/N=C(\C(=O)NC1C(=O)N2C(C(=O)O)=C(SCC3COCOC3)CSC12)c1csc(N)n1. The van der Waals surface area contributed by atoms with Crippen LogP contribution in [0.5, 0.6) is 0 Å². The lowest BCUT2D eigenvalue weighted by atomic mass is 10.0. The molecule has 2 unspecified atom stereocenters. The number of hydrogen-bond donors (Lipinski definition) is 3. The van der Waals surface area contributed by atoms with E-state index in [-0.39, 0.29) is 34.9 Å². The van der Waals surface area contributed by atoms with Crippen LogP contribution < -0.4 is 11.1 Å². The summed E-state index contributed by atoms with van der Waals surface area (Å²) in [6.07, 6.45) is 0. The molecule has 178 valence electrons. The second-order valence-electron chi connectivity index (χ2n) is 7.17. The Morgan fingerprint density at radius 3 is 2.85 bits per heavy atom. The van der Waals surface area contributed by atoms with Crippen molar-refractivity contribution < 1.29 is 33.8 Å². The number of nitrogens with zero attached hydrogens (tertiary/aromatic N) is 3. The minimum Gasteiger partial charge on any atom is -0.477 e. The number of oxime groups is 1. The lowest BCUT2D eigenvalue weighted by Gasteiger charge is -2.49. The van der Waals surface area contributed by atoms with E-state index in [1.54, 1.807) is 5.38 Å². The fourth-order valence-electron chi connectivity index (χ4n) is 3.45. The molecule has 12 nitrogen and oxygen atoms in total. The maximum atomic E-state index is 12.9. The number of β-lactam (4-membered cyclic amide) rings is 1. The molecule has 2 atom stereocenters. The van der Waals surface area contributed by atoms with E-state index in [1.165, 1.54) is 35.5 Å². The molecule has 0 aliphatic carbocycles. The highest BCUT2D eigenvalue weighted by atomic mass is 32.2. The lowest BCUT2D eigenvalue weighted by molar-refractivity contribution is -0.150. The Morgan fingerprint density at radius 2 is 2.21 bits per heavy atom. The lowest BCUT2D eigenvalue weighted by Crippen LogP contribution is -2.71. The zero-order chi connectivity index (χ0) is 23.5. The molecule has 2 fully saturated rings. The molecular formula is C18H21N5O7S3. The summed E-state index contributed by atoms with van der Waals surface area (Å²) in [7, 11) is 1.28. The molecule has 3 aliphatic rings. The van der Waals surface area contributed by atoms with Crippen molar-refractivity contribution in [3.63, 3.8) is 0 Å². The zero-order valence-electron chi connectivity index (χ0n) is 17.4. The summed E-state index contributed by atoms with van der Waals surface area (Å²) in [5.74, 6) is -1.19. The molecule has 1 aromatic heterocycles. The smallest absolute Gasteiger partial charge is 0.353 e. The number of thiazole rings is 1. The maximum Gasteiger partial charge on any atom is 0.353 e. The summed E-state index contributed by atoms with van der Waals surface area (Å²) >= 11 is 3.91. The molecule has 15 heteroatoms. The molecule has 0 radical (unpaired) electrons. The molecule has 2 amide bonds. The first-order valence-electron chi connectivity index (χ1n) is 9.73. The van der Waals surface area contributed by atoms with Crippen molar-refractivity contribution in [2.45, 2.75) is 11.4 Å². The normalized spacial score (nSPS) is 23.7. The van der Waals surface area contributed by atoms with Gasteiger partial charge in [0.05, 0.1) is 13.2 Å². The van der Waals surface area contributed by atoms with Crippen LogP contribution in [0.2, 0.25) is 0 Å². The van der Waals surface area contributed by atoms with Gasteiger partial charge in [-0.2, -0.15) is 0 Å². The van der Waals surface area contributed by atoms with Crippen molar-refractivity contribution in [3.05, 3.63) is 21.7 Å². The number of nitrogens with two attached hydrogens (primary N) is 1. The number of aliphatic carboxylic acids is 1. The number of ether oxygens (including phenoxy) is 2. The number of carboxylic acid groups (broad SMARTS) is 1. The Bertz CT molecular complexity index is 1010. The van der Waals surface area contributed by atoms with Gasteiger partial charge < -0.3 is 30.5 Å². The monoisotopic (exact) mass is 515 g/mol. The Kier molecular flexibility index (Phi) is 7.43. The molecule has 4 heterocycles. The summed E-state index contributed by atoms with van der Waals surface area (Å²) in [5, 5.41) is 17.4. The third-order valence-corrected chi connectivity index (χ3v) is 8.41. The predicted octanol–water partition coefficient (Wildman–Crippen LogP) is 0.126. The maximum absolute atomic E-state index is 12.9. The van der Waals surface area contributed by atoms with Gasteiger partial charge in [0, 0.05) is 27.7 Å². The molecule has 33 heavy (non-hydrogen) atoms. The topological polar surface area (TPSA) is 166 Å². The van der Waals surface area contributed by atoms with Crippen molar-refractivity contribution in [1.29, 1.82) is 0 Å². The number of fused-ring (bicyclic) bond motifs is 1. The van der Waals surface area contributed by atoms with Gasteiger partial charge in [0.1, 0.15) is 36.7 Å². The summed E-state index contributed by atoms with van der Waals surface area (Å²) in [6.45, 7) is 1.36. The second kappa shape index (κ2) is 10.3. The van der Waals surface area contributed by atoms with Gasteiger partial charge in [-0.05, 0) is 0 Å². The standard InChI is InChI=1S/C18H21N5O7S3/c1-28-22-11(9-5-33-18(19)20-9)14(24)21-12-15(25)23-13(17(26)27)10(6-32-16(12)23)31-4-8-2-29-7-30-3-8/h5,8,12,16H,2-4,6-7H2,1H3,(H2,19,20)(H,21,24)(H,26,27)/b22-11-. The van der Waals surface area contributed by atoms with E-state index in [0.29, 0.717) is 29.6 Å². The van der Waals surface area contributed by atoms with Crippen LogP contribution in [0.4, 0.5) is 5.13 Å². The van der Waals surface area contributed by atoms with Gasteiger partial charge in [-0.1, -0.05) is 5.16 Å². The minimum atomic E-state index is -1.18. The number of carboxylic acids is 1. The van der Waals surface area contributed by atoms with Gasteiger partial charge in [-0.15, -0.1) is 34.9 Å². The Morgan fingerprint density at radius 1 is 1.45 bits per heavy atom. The van der Waals surface area contributed by atoms with Gasteiger partial charge in [0.25, 0.3) is 11.8 Å². The number of anilines is 1. The van der Waals surface area contributed by atoms with Crippen LogP contribution >= 0.6 is 34.9 Å². The van der Waals surface area contributed by atoms with Crippen molar-refractivity contribution in [3.8, 4) is 0 Å². The van der Waals surface area contributed by atoms with E-state index in [2.05, 4.69) is 15.5 Å². The second-order valence-corrected chi connectivity index (χ2v) is 10.3. The van der Waals surface area contributed by atoms with Gasteiger partial charge in [-0.3, -0.25) is 14.5 Å².